The van der Waals surface area contributed by atoms with Gasteiger partial charge in [-0.15, -0.1) is 0 Å². The molecule has 0 saturated carbocycles. The lowest BCUT2D eigenvalue weighted by Crippen LogP contribution is -2.36. The normalized spacial score (nSPS) is 12.7. The highest BCUT2D eigenvalue weighted by Crippen LogP contribution is 2.40. The van der Waals surface area contributed by atoms with Crippen molar-refractivity contribution < 1.29 is 9.47 Å². The van der Waals surface area contributed by atoms with Crippen LogP contribution in [0.25, 0.3) is 116 Å². The third-order valence-corrected chi connectivity index (χ3v) is 19.4. The van der Waals surface area contributed by atoms with Crippen LogP contribution in [0.15, 0.2) is 279 Å². The summed E-state index contributed by atoms with van der Waals surface area (Å²) in [4.78, 5) is 32.6. The van der Waals surface area contributed by atoms with Crippen molar-refractivity contribution in [1.82, 2.24) is 43.6 Å². The van der Waals surface area contributed by atoms with Gasteiger partial charge in [0.15, 0.2) is 5.82 Å². The molecule has 0 bridgehead atoms. The molecule has 0 atom stereocenters. The summed E-state index contributed by atoms with van der Waals surface area (Å²) in [6.07, 6.45) is 8.67. The third kappa shape index (κ3) is 14.2. The van der Waals surface area contributed by atoms with Crippen LogP contribution in [-0.2, 0) is 11.2 Å². The second-order valence-electron chi connectivity index (χ2n) is 26.8. The smallest absolute Gasteiger partial charge is 0.228 e. The molecule has 1 fully saturated rings. The molecule has 19 rings (SSSR count). The van der Waals surface area contributed by atoms with Gasteiger partial charge >= 0.3 is 0 Å². The van der Waals surface area contributed by atoms with Gasteiger partial charge in [0.1, 0.15) is 40.8 Å². The molecule has 4 N–H and O–H groups in total. The molecule has 16 heteroatoms. The summed E-state index contributed by atoms with van der Waals surface area (Å²) in [5.74, 6) is 5.59. The molecule has 107 heavy (non-hydrogen) atoms. The van der Waals surface area contributed by atoms with Gasteiger partial charge in [0.2, 0.25) is 5.88 Å². The van der Waals surface area contributed by atoms with E-state index < -0.39 is 0 Å². The Kier molecular flexibility index (Phi) is 20.5. The number of rotatable bonds is 11. The van der Waals surface area contributed by atoms with Gasteiger partial charge in [-0.1, -0.05) is 216 Å². The van der Waals surface area contributed by atoms with E-state index >= 15 is 0 Å². The Morgan fingerprint density at radius 2 is 1.06 bits per heavy atom. The summed E-state index contributed by atoms with van der Waals surface area (Å²) < 4.78 is 17.7. The van der Waals surface area contributed by atoms with Crippen LogP contribution in [0.1, 0.15) is 57.0 Å². The van der Waals surface area contributed by atoms with Crippen molar-refractivity contribution in [1.29, 1.82) is 5.41 Å². The predicted molar refractivity (Wildman–Crippen MR) is 443 cm³/mol. The van der Waals surface area contributed by atoms with Crippen LogP contribution in [0, 0.1) is 12.3 Å². The Morgan fingerprint density at radius 3 is 1.62 bits per heavy atom. The minimum absolute atomic E-state index is 0.508. The largest absolute Gasteiger partial charge is 0.480 e. The highest BCUT2D eigenvalue weighted by atomic mass is 16.5. The summed E-state index contributed by atoms with van der Waals surface area (Å²) in [6, 6.07) is 90.7. The number of nitrogens with zero attached hydrogens (tertiary/aromatic N) is 11. The lowest BCUT2D eigenvalue weighted by molar-refractivity contribution is 0.122. The van der Waals surface area contributed by atoms with E-state index in [1.807, 2.05) is 103 Å². The number of pyridine rings is 2. The molecule has 0 amide bonds. The highest BCUT2D eigenvalue weighted by Gasteiger charge is 2.25. The first kappa shape index (κ1) is 69.7. The van der Waals surface area contributed by atoms with E-state index in [0.717, 1.165) is 117 Å². The van der Waals surface area contributed by atoms with Gasteiger partial charge in [-0.3, -0.25) is 9.13 Å². The summed E-state index contributed by atoms with van der Waals surface area (Å²) in [5, 5.41) is 19.6. The second kappa shape index (κ2) is 31.5. The number of morpholine rings is 1. The Bertz CT molecular complexity index is 5900. The number of fused-ring (bicyclic) bond motifs is 12. The fourth-order valence-corrected chi connectivity index (χ4v) is 14.5. The molecule has 1 saturated heterocycles. The number of methoxy groups -OCH3 is 1. The van der Waals surface area contributed by atoms with Gasteiger partial charge in [0, 0.05) is 93.6 Å². The number of allylic oxidation sites excluding steroid dienone is 1. The first-order chi connectivity index (χ1) is 52.6. The van der Waals surface area contributed by atoms with Gasteiger partial charge in [-0.05, 0) is 114 Å². The summed E-state index contributed by atoms with van der Waals surface area (Å²) in [5.41, 5.74) is 23.2. The molecule has 0 radical (unpaired) electrons. The molecule has 10 aromatic carbocycles. The number of aryl methyl sites for hydroxylation is 1. The standard InChI is InChI=1S/C27H21N5O.C27H23N.C19H19N5O.C15H13N3.C3H8/c1-17-28-21-16-24(30-18-10-4-3-5-11-18)31-26(25(21)27(29-17)33-2)32-22-14-8-6-12-19(22)20-13-7-9-15-23(20)32;1-19(2)20-11-13-21(14-12-20)22-15-17-23(18-16-22)28-26-9-5-3-7-24(26)25-8-4-6-10-27(25)28;1-2-4-17-14(3-1)5-6-24(17)18-11-16-15(12-20-18)19(22-13-21-16)23-7-9-25-10-8-23;16-10-9-15(17)18-13-7-3-1-5-11(13)12-6-2-4-8-14(12)18;1-3-2/h3-16H,1-2H3,(H,30,31);3-19H,1-2H3;1-4,11-13H,5-10H2;1-10,16H,17H2;3H2,1-2H3. The monoisotopic (exact) mass is 1400 g/mol. The Balaban J connectivity index is 0.000000115. The van der Waals surface area contributed by atoms with Crippen LogP contribution in [0.3, 0.4) is 0 Å². The first-order valence-corrected chi connectivity index (χ1v) is 36.6. The van der Waals surface area contributed by atoms with Crippen molar-refractivity contribution in [2.45, 2.75) is 53.4 Å². The average Bonchev–Trinajstić information content (AvgIpc) is 1.65. The highest BCUT2D eigenvalue weighted by molar-refractivity contribution is 6.12. The fraction of sp³-hybridized carbons (Fsp3) is 0.154. The zero-order valence-electron chi connectivity index (χ0n) is 61.0. The zero-order chi connectivity index (χ0) is 73.3. The van der Waals surface area contributed by atoms with Crippen molar-refractivity contribution >= 4 is 128 Å². The molecular weight excluding hydrogens is 1320 g/mol. The lowest BCUT2D eigenvalue weighted by Gasteiger charge is -2.28. The number of aromatic nitrogens is 9. The van der Waals surface area contributed by atoms with E-state index in [0.29, 0.717) is 29.3 Å². The van der Waals surface area contributed by atoms with Gasteiger partial charge < -0.3 is 40.3 Å². The van der Waals surface area contributed by atoms with Crippen molar-refractivity contribution in [2.75, 3.05) is 55.1 Å². The third-order valence-electron chi connectivity index (χ3n) is 19.4. The molecule has 0 aliphatic carbocycles. The zero-order valence-corrected chi connectivity index (χ0v) is 61.0. The molecule has 0 unspecified atom stereocenters. The molecule has 16 nitrogen and oxygen atoms in total. The molecule has 2 aliphatic heterocycles. The number of hydrogen-bond acceptors (Lipinski definition) is 13. The number of hydrogen-bond donors (Lipinski definition) is 3. The van der Waals surface area contributed by atoms with E-state index in [9.17, 15) is 0 Å². The fourth-order valence-electron chi connectivity index (χ4n) is 14.5. The van der Waals surface area contributed by atoms with Crippen molar-refractivity contribution in [3.8, 4) is 28.5 Å². The number of anilines is 5. The Labute approximate surface area is 622 Å². The average molecular weight is 1410 g/mol. The molecule has 9 heterocycles. The molecular formula is C91H84N14O2. The van der Waals surface area contributed by atoms with Gasteiger partial charge in [0.25, 0.3) is 0 Å². The quantitative estimate of drug-likeness (QED) is 0.105. The SMILES string of the molecule is CC(C)c1ccc(-c2ccc(-n3c4ccccc4c4ccccc43)cc2)cc1.CCC.COc1nc(C)nc2cc(Nc3ccccc3)nc(-n3c4ccccc4c4ccccc43)c12.N=CC=C(N)n1c2ccccc2c2ccccc21.c1ccc2c(c1)CCN2c1cc2ncnc(N3CCOCC3)c2cn1. The minimum Gasteiger partial charge on any atom is -0.480 e. The van der Waals surface area contributed by atoms with Gasteiger partial charge in [-0.2, -0.15) is 4.98 Å². The number of ether oxygens (including phenoxy) is 2. The lowest BCUT2D eigenvalue weighted by atomic mass is 9.99. The Hall–Kier alpha value is -13.1. The van der Waals surface area contributed by atoms with E-state index in [1.54, 1.807) is 19.5 Å². The summed E-state index contributed by atoms with van der Waals surface area (Å²) in [7, 11) is 1.63. The number of nitrogens with two attached hydrogens (primary N) is 1. The van der Waals surface area contributed by atoms with Crippen LogP contribution < -0.4 is 25.6 Å². The van der Waals surface area contributed by atoms with Crippen LogP contribution >= 0.6 is 0 Å². The van der Waals surface area contributed by atoms with E-state index in [-0.39, 0.29) is 0 Å². The molecule has 530 valence electrons. The van der Waals surface area contributed by atoms with E-state index in [4.69, 9.17) is 35.6 Å². The molecule has 2 aliphatic rings. The van der Waals surface area contributed by atoms with Crippen LogP contribution in [0.2, 0.25) is 0 Å². The van der Waals surface area contributed by atoms with Gasteiger partial charge in [-0.25, -0.2) is 24.9 Å². The number of benzene rings is 10. The molecule has 7 aromatic heterocycles. The van der Waals surface area contributed by atoms with Crippen LogP contribution in [0.4, 0.5) is 28.8 Å². The maximum Gasteiger partial charge on any atom is 0.228 e. The summed E-state index contributed by atoms with van der Waals surface area (Å²) in [6.45, 7) is 14.7. The first-order valence-electron chi connectivity index (χ1n) is 36.6. The molecule has 17 aromatic rings. The van der Waals surface area contributed by atoms with Crippen molar-refractivity contribution in [2.24, 2.45) is 5.73 Å². The molecule has 0 spiro atoms. The summed E-state index contributed by atoms with van der Waals surface area (Å²) >= 11 is 0. The topological polar surface area (TPSA) is 179 Å². The van der Waals surface area contributed by atoms with Crippen LogP contribution in [-0.4, -0.2) is 89.8 Å². The minimum atomic E-state index is 0.508. The number of para-hydroxylation sites is 8. The maximum absolute atomic E-state index is 7.16. The van der Waals surface area contributed by atoms with E-state index in [2.05, 4.69) is 243 Å². The van der Waals surface area contributed by atoms with Gasteiger partial charge in [0.05, 0.1) is 69.8 Å². The van der Waals surface area contributed by atoms with Crippen LogP contribution in [0.5, 0.6) is 5.88 Å². The maximum atomic E-state index is 7.16. The predicted octanol–water partition coefficient (Wildman–Crippen LogP) is 20.9. The second-order valence-corrected chi connectivity index (χ2v) is 26.8. The Morgan fingerprint density at radius 1 is 0.542 bits per heavy atom. The van der Waals surface area contributed by atoms with Crippen molar-refractivity contribution in [3.63, 3.8) is 0 Å². The number of nitrogens with one attached hydrogen (secondary N) is 2. The van der Waals surface area contributed by atoms with Crippen molar-refractivity contribution in [3.05, 3.63) is 296 Å². The van der Waals surface area contributed by atoms with E-state index in [1.165, 1.54) is 78.8 Å².